The zero-order valence-corrected chi connectivity index (χ0v) is 18.7. The number of hydrogen-bond donors (Lipinski definition) is 1. The van der Waals surface area contributed by atoms with Crippen LogP contribution in [0.4, 0.5) is 0 Å². The summed E-state index contributed by atoms with van der Waals surface area (Å²) in [5.41, 5.74) is 4.27. The van der Waals surface area contributed by atoms with Crippen molar-refractivity contribution in [3.63, 3.8) is 0 Å². The lowest BCUT2D eigenvalue weighted by molar-refractivity contribution is 0.0933. The number of nitrogens with one attached hydrogen (secondary N) is 1. The van der Waals surface area contributed by atoms with Crippen LogP contribution in [0.25, 0.3) is 11.0 Å². The summed E-state index contributed by atoms with van der Waals surface area (Å²) in [5.74, 6) is 1.64. The molecule has 0 aliphatic carbocycles. The smallest absolute Gasteiger partial charge is 0.251 e. The highest BCUT2D eigenvalue weighted by molar-refractivity contribution is 7.98. The summed E-state index contributed by atoms with van der Waals surface area (Å²) in [6, 6.07) is 26.8. The topological polar surface area (TPSA) is 70.7 Å². The Balaban J connectivity index is 1.72. The van der Waals surface area contributed by atoms with Crippen molar-refractivity contribution in [1.29, 1.82) is 5.26 Å². The number of hydrogen-bond acceptors (Lipinski definition) is 4. The van der Waals surface area contributed by atoms with Gasteiger partial charge in [0.2, 0.25) is 0 Å². The molecule has 0 spiro atoms. The zero-order chi connectivity index (χ0) is 22.3. The largest absolute Gasteiger partial charge is 0.342 e. The normalized spacial score (nSPS) is 11.8. The predicted octanol–water partition coefficient (Wildman–Crippen LogP) is 5.18. The van der Waals surface area contributed by atoms with Crippen LogP contribution >= 0.6 is 11.8 Å². The molecule has 4 aromatic rings. The maximum absolute atomic E-state index is 13.0. The molecular formula is C26H24N4OS. The summed E-state index contributed by atoms with van der Waals surface area (Å²) in [6.45, 7) is 0.610. The second-order valence-corrected chi connectivity index (χ2v) is 8.51. The van der Waals surface area contributed by atoms with E-state index in [1.165, 1.54) is 0 Å². The Hall–Kier alpha value is -3.56. The number of amides is 1. The molecule has 1 amide bonds. The van der Waals surface area contributed by atoms with Gasteiger partial charge in [-0.2, -0.15) is 17.0 Å². The number of nitrogens with zero attached hydrogens (tertiary/aromatic N) is 3. The van der Waals surface area contributed by atoms with E-state index < -0.39 is 0 Å². The van der Waals surface area contributed by atoms with Crippen LogP contribution < -0.4 is 5.32 Å². The van der Waals surface area contributed by atoms with Crippen LogP contribution in [0.5, 0.6) is 0 Å². The summed E-state index contributed by atoms with van der Waals surface area (Å²) in [4.78, 5) is 17.9. The zero-order valence-electron chi connectivity index (χ0n) is 17.9. The first-order chi connectivity index (χ1) is 15.7. The van der Waals surface area contributed by atoms with E-state index in [9.17, 15) is 4.79 Å². The lowest BCUT2D eigenvalue weighted by atomic mass is 10.1. The lowest BCUT2D eigenvalue weighted by Gasteiger charge is -2.20. The van der Waals surface area contributed by atoms with E-state index in [0.29, 0.717) is 17.7 Å². The molecule has 1 atom stereocenters. The maximum atomic E-state index is 13.0. The average molecular weight is 441 g/mol. The van der Waals surface area contributed by atoms with E-state index in [2.05, 4.69) is 28.3 Å². The van der Waals surface area contributed by atoms with Gasteiger partial charge in [0.25, 0.3) is 5.91 Å². The van der Waals surface area contributed by atoms with Gasteiger partial charge in [0.15, 0.2) is 0 Å². The van der Waals surface area contributed by atoms with Crippen LogP contribution in [0.3, 0.4) is 0 Å². The van der Waals surface area contributed by atoms with Crippen LogP contribution in [0.2, 0.25) is 0 Å². The fourth-order valence-electron chi connectivity index (χ4n) is 3.73. The first-order valence-electron chi connectivity index (χ1n) is 10.5. The number of imidazole rings is 1. The molecule has 32 heavy (non-hydrogen) atoms. The maximum Gasteiger partial charge on any atom is 0.251 e. The summed E-state index contributed by atoms with van der Waals surface area (Å²) < 4.78 is 2.17. The van der Waals surface area contributed by atoms with Crippen molar-refractivity contribution in [2.45, 2.75) is 19.0 Å². The number of nitriles is 1. The van der Waals surface area contributed by atoms with E-state index in [1.807, 2.05) is 72.8 Å². The summed E-state index contributed by atoms with van der Waals surface area (Å²) in [7, 11) is 0. The second kappa shape index (κ2) is 10.2. The highest BCUT2D eigenvalue weighted by Gasteiger charge is 2.22. The standard InChI is InChI=1S/C26H24N4OS/c1-32-16-15-23(29-26(31)21-7-3-2-4-8-21)25-28-22-9-5-6-10-24(22)30(25)18-20-13-11-19(17-27)12-14-20/h2-14,23H,15-16,18H2,1H3,(H,29,31). The molecular weight excluding hydrogens is 416 g/mol. The molecule has 5 nitrogen and oxygen atoms in total. The third kappa shape index (κ3) is 4.84. The van der Waals surface area contributed by atoms with Crippen molar-refractivity contribution in [2.75, 3.05) is 12.0 Å². The number of carbonyl (C=O) groups is 1. The van der Waals surface area contributed by atoms with E-state index in [1.54, 1.807) is 11.8 Å². The minimum Gasteiger partial charge on any atom is -0.342 e. The Morgan fingerprint density at radius 3 is 2.50 bits per heavy atom. The fraction of sp³-hybridized carbons (Fsp3) is 0.192. The van der Waals surface area contributed by atoms with E-state index in [-0.39, 0.29) is 11.9 Å². The van der Waals surface area contributed by atoms with Crippen molar-refractivity contribution < 1.29 is 4.79 Å². The number of thioether (sulfide) groups is 1. The van der Waals surface area contributed by atoms with Gasteiger partial charge in [-0.25, -0.2) is 4.98 Å². The van der Waals surface area contributed by atoms with Gasteiger partial charge in [-0.15, -0.1) is 0 Å². The van der Waals surface area contributed by atoms with Crippen LogP contribution in [0.15, 0.2) is 78.9 Å². The van der Waals surface area contributed by atoms with Gasteiger partial charge in [0.05, 0.1) is 28.7 Å². The minimum atomic E-state index is -0.221. The number of benzene rings is 3. The van der Waals surface area contributed by atoms with Gasteiger partial charge < -0.3 is 9.88 Å². The van der Waals surface area contributed by atoms with E-state index >= 15 is 0 Å². The van der Waals surface area contributed by atoms with Gasteiger partial charge in [0, 0.05) is 12.1 Å². The third-order valence-corrected chi connectivity index (χ3v) is 6.02. The van der Waals surface area contributed by atoms with E-state index in [0.717, 1.165) is 34.6 Å². The molecule has 1 unspecified atom stereocenters. The van der Waals surface area contributed by atoms with Gasteiger partial charge in [-0.3, -0.25) is 4.79 Å². The lowest BCUT2D eigenvalue weighted by Crippen LogP contribution is -2.31. The quantitative estimate of drug-likeness (QED) is 0.410. The molecule has 4 rings (SSSR count). The first-order valence-corrected chi connectivity index (χ1v) is 11.9. The van der Waals surface area contributed by atoms with Crippen molar-refractivity contribution in [2.24, 2.45) is 0 Å². The molecule has 0 bridgehead atoms. The van der Waals surface area contributed by atoms with Crippen molar-refractivity contribution >= 4 is 28.7 Å². The summed E-state index contributed by atoms with van der Waals surface area (Å²) >= 11 is 1.75. The molecule has 3 aromatic carbocycles. The van der Waals surface area contributed by atoms with Crippen LogP contribution in [0.1, 0.15) is 39.8 Å². The summed E-state index contributed by atoms with van der Waals surface area (Å²) in [6.07, 6.45) is 2.84. The molecule has 0 saturated heterocycles. The molecule has 6 heteroatoms. The highest BCUT2D eigenvalue weighted by atomic mass is 32.2. The monoisotopic (exact) mass is 440 g/mol. The molecule has 1 heterocycles. The van der Waals surface area contributed by atoms with Crippen LogP contribution in [0, 0.1) is 11.3 Å². The Morgan fingerprint density at radius 1 is 1.06 bits per heavy atom. The molecule has 160 valence electrons. The Kier molecular flexibility index (Phi) is 6.88. The number of carbonyl (C=O) groups excluding carboxylic acids is 1. The summed E-state index contributed by atoms with van der Waals surface area (Å²) in [5, 5.41) is 12.3. The van der Waals surface area contributed by atoms with Gasteiger partial charge in [-0.1, -0.05) is 42.5 Å². The number of para-hydroxylation sites is 2. The number of aromatic nitrogens is 2. The number of fused-ring (bicyclic) bond motifs is 1. The third-order valence-electron chi connectivity index (χ3n) is 5.37. The van der Waals surface area contributed by atoms with Crippen molar-refractivity contribution in [1.82, 2.24) is 14.9 Å². The second-order valence-electron chi connectivity index (χ2n) is 7.53. The minimum absolute atomic E-state index is 0.103. The average Bonchev–Trinajstić information content (AvgIpc) is 3.21. The first kappa shape index (κ1) is 21.7. The van der Waals surface area contributed by atoms with Gasteiger partial charge >= 0.3 is 0 Å². The van der Waals surface area contributed by atoms with Crippen LogP contribution in [-0.2, 0) is 6.54 Å². The Bertz CT molecular complexity index is 1240. The molecule has 0 radical (unpaired) electrons. The van der Waals surface area contributed by atoms with Gasteiger partial charge in [0.1, 0.15) is 5.82 Å². The SMILES string of the molecule is CSCCC(NC(=O)c1ccccc1)c1nc2ccccc2n1Cc1ccc(C#N)cc1. The van der Waals surface area contributed by atoms with Crippen molar-refractivity contribution in [3.8, 4) is 6.07 Å². The fourth-order valence-corrected chi connectivity index (χ4v) is 4.20. The molecule has 0 saturated carbocycles. The molecule has 0 aliphatic rings. The molecule has 1 N–H and O–H groups in total. The Morgan fingerprint density at radius 2 is 1.78 bits per heavy atom. The van der Waals surface area contributed by atoms with Crippen molar-refractivity contribution in [3.05, 3.63) is 101 Å². The van der Waals surface area contributed by atoms with Crippen LogP contribution in [-0.4, -0.2) is 27.5 Å². The highest BCUT2D eigenvalue weighted by Crippen LogP contribution is 2.26. The molecule has 0 aliphatic heterocycles. The van der Waals surface area contributed by atoms with Gasteiger partial charge in [-0.05, 0) is 60.4 Å². The molecule has 1 aromatic heterocycles. The molecule has 0 fully saturated rings. The number of rotatable bonds is 8. The van der Waals surface area contributed by atoms with E-state index in [4.69, 9.17) is 10.2 Å². The Labute approximate surface area is 192 Å². The predicted molar refractivity (Wildman–Crippen MR) is 130 cm³/mol.